The van der Waals surface area contributed by atoms with Crippen LogP contribution in [0.25, 0.3) is 0 Å². The highest BCUT2D eigenvalue weighted by Crippen LogP contribution is 2.16. The second-order valence-electron chi connectivity index (χ2n) is 2.74. The predicted octanol–water partition coefficient (Wildman–Crippen LogP) is 1.74. The van der Waals surface area contributed by atoms with Crippen molar-refractivity contribution in [2.24, 2.45) is 5.16 Å². The molecule has 3 heteroatoms. The zero-order valence-electron chi connectivity index (χ0n) is 7.16. The van der Waals surface area contributed by atoms with E-state index in [0.29, 0.717) is 6.61 Å². The van der Waals surface area contributed by atoms with Gasteiger partial charge >= 0.3 is 0 Å². The topological polar surface area (TPSA) is 41.8 Å². The summed E-state index contributed by atoms with van der Waals surface area (Å²) in [4.78, 5) is 0. The van der Waals surface area contributed by atoms with Crippen molar-refractivity contribution in [3.8, 4) is 0 Å². The number of hydrogen-bond acceptors (Lipinski definition) is 3. The molecule has 66 valence electrons. The average Bonchev–Trinajstić information content (AvgIpc) is 2.09. The van der Waals surface area contributed by atoms with Gasteiger partial charge in [0.25, 0.3) is 0 Å². The molecule has 0 radical (unpaired) electrons. The first-order chi connectivity index (χ1) is 5.86. The lowest BCUT2D eigenvalue weighted by Gasteiger charge is -2.10. The molecule has 0 spiro atoms. The molecule has 1 aliphatic rings. The van der Waals surface area contributed by atoms with Crippen molar-refractivity contribution < 1.29 is 9.94 Å². The van der Waals surface area contributed by atoms with E-state index in [9.17, 15) is 0 Å². The minimum Gasteiger partial charge on any atom is -0.411 e. The van der Waals surface area contributed by atoms with E-state index in [0.717, 1.165) is 18.4 Å². The van der Waals surface area contributed by atoms with Gasteiger partial charge in [-0.2, -0.15) is 0 Å². The molecule has 0 atom stereocenters. The molecule has 12 heavy (non-hydrogen) atoms. The first-order valence-electron chi connectivity index (χ1n) is 3.92. The van der Waals surface area contributed by atoms with Gasteiger partial charge in [-0.1, -0.05) is 17.3 Å². The fourth-order valence-electron chi connectivity index (χ4n) is 1.18. The number of ether oxygens (including phenoxy) is 1. The Morgan fingerprint density at radius 1 is 1.58 bits per heavy atom. The Balaban J connectivity index is 2.54. The Hall–Kier alpha value is -1.09. The van der Waals surface area contributed by atoms with Gasteiger partial charge in [-0.25, -0.2) is 0 Å². The van der Waals surface area contributed by atoms with E-state index in [2.05, 4.69) is 5.16 Å². The summed E-state index contributed by atoms with van der Waals surface area (Å²) in [6.07, 6.45) is 7.37. The molecule has 3 nitrogen and oxygen atoms in total. The molecule has 0 heterocycles. The molecule has 0 aliphatic heterocycles. The van der Waals surface area contributed by atoms with Crippen LogP contribution in [0.15, 0.2) is 28.5 Å². The minimum atomic E-state index is 0.694. The maximum atomic E-state index is 8.27. The van der Waals surface area contributed by atoms with E-state index >= 15 is 0 Å². The van der Waals surface area contributed by atoms with Crippen LogP contribution in [-0.4, -0.2) is 25.1 Å². The Bertz CT molecular complexity index is 229. The summed E-state index contributed by atoms with van der Waals surface area (Å²) in [6, 6.07) is 0. The molecule has 1 N–H and O–H groups in total. The summed E-state index contributed by atoms with van der Waals surface area (Å²) in [5.74, 6) is 0. The van der Waals surface area contributed by atoms with Crippen molar-refractivity contribution in [2.45, 2.75) is 12.8 Å². The van der Waals surface area contributed by atoms with Crippen LogP contribution in [0.4, 0.5) is 0 Å². The molecule has 1 rings (SSSR count). The SMILES string of the molecule is COCC1=CC=C(/C=N/O)CC1. The number of rotatable bonds is 3. The van der Waals surface area contributed by atoms with Crippen LogP contribution >= 0.6 is 0 Å². The van der Waals surface area contributed by atoms with Gasteiger partial charge in [-0.3, -0.25) is 0 Å². The molecule has 0 aromatic rings. The van der Waals surface area contributed by atoms with Crippen LogP contribution in [0.2, 0.25) is 0 Å². The van der Waals surface area contributed by atoms with Gasteiger partial charge in [0.1, 0.15) is 0 Å². The Kier molecular flexibility index (Phi) is 3.54. The van der Waals surface area contributed by atoms with Gasteiger partial charge in [0.05, 0.1) is 12.8 Å². The lowest BCUT2D eigenvalue weighted by molar-refractivity contribution is 0.223. The summed E-state index contributed by atoms with van der Waals surface area (Å²) in [7, 11) is 1.69. The van der Waals surface area contributed by atoms with Crippen molar-refractivity contribution in [3.63, 3.8) is 0 Å². The fraction of sp³-hybridized carbons (Fsp3) is 0.444. The maximum absolute atomic E-state index is 8.27. The number of methoxy groups -OCH3 is 1. The molecule has 0 amide bonds. The van der Waals surface area contributed by atoms with E-state index in [1.807, 2.05) is 12.2 Å². The van der Waals surface area contributed by atoms with Crippen molar-refractivity contribution in [1.29, 1.82) is 0 Å². The molecule has 0 aromatic carbocycles. The van der Waals surface area contributed by atoms with Gasteiger partial charge in [-0.15, -0.1) is 0 Å². The summed E-state index contributed by atoms with van der Waals surface area (Å²) in [5, 5.41) is 11.2. The smallest absolute Gasteiger partial charge is 0.0693 e. The molecule has 1 aliphatic carbocycles. The fourth-order valence-corrected chi connectivity index (χ4v) is 1.18. The van der Waals surface area contributed by atoms with Gasteiger partial charge in [0.15, 0.2) is 0 Å². The predicted molar refractivity (Wildman–Crippen MR) is 47.6 cm³/mol. The average molecular weight is 167 g/mol. The van der Waals surface area contributed by atoms with E-state index < -0.39 is 0 Å². The minimum absolute atomic E-state index is 0.694. The second-order valence-corrected chi connectivity index (χ2v) is 2.74. The highest BCUT2D eigenvalue weighted by atomic mass is 16.5. The molecule has 0 bridgehead atoms. The monoisotopic (exact) mass is 167 g/mol. The van der Waals surface area contributed by atoms with Gasteiger partial charge in [0, 0.05) is 7.11 Å². The highest BCUT2D eigenvalue weighted by Gasteiger charge is 2.03. The Labute approximate surface area is 72.0 Å². The van der Waals surface area contributed by atoms with Gasteiger partial charge in [0.2, 0.25) is 0 Å². The number of hydrogen-bond donors (Lipinski definition) is 1. The van der Waals surface area contributed by atoms with Crippen LogP contribution in [0.5, 0.6) is 0 Å². The number of allylic oxidation sites excluding steroid dienone is 3. The molecule has 0 fully saturated rings. The maximum Gasteiger partial charge on any atom is 0.0693 e. The molecular weight excluding hydrogens is 154 g/mol. The van der Waals surface area contributed by atoms with Gasteiger partial charge in [-0.05, 0) is 24.0 Å². The zero-order valence-corrected chi connectivity index (χ0v) is 7.16. The third kappa shape index (κ3) is 2.51. The third-order valence-electron chi connectivity index (χ3n) is 1.82. The lowest BCUT2D eigenvalue weighted by Crippen LogP contribution is -2.00. The molecule has 0 saturated heterocycles. The normalized spacial score (nSPS) is 17.8. The van der Waals surface area contributed by atoms with Crippen molar-refractivity contribution in [3.05, 3.63) is 23.3 Å². The standard InChI is InChI=1S/C9H13NO2/c1-12-7-9-4-2-8(3-5-9)6-10-11/h2,4,6,11H,3,5,7H2,1H3/b10-6+. The summed E-state index contributed by atoms with van der Waals surface area (Å²) >= 11 is 0. The van der Waals surface area contributed by atoms with E-state index in [4.69, 9.17) is 9.94 Å². The van der Waals surface area contributed by atoms with Crippen LogP contribution in [0.3, 0.4) is 0 Å². The van der Waals surface area contributed by atoms with Crippen molar-refractivity contribution >= 4 is 6.21 Å². The van der Waals surface area contributed by atoms with Crippen molar-refractivity contribution in [1.82, 2.24) is 0 Å². The summed E-state index contributed by atoms with van der Waals surface area (Å²) in [6.45, 7) is 0.694. The summed E-state index contributed by atoms with van der Waals surface area (Å²) in [5.41, 5.74) is 2.34. The first-order valence-corrected chi connectivity index (χ1v) is 3.92. The van der Waals surface area contributed by atoms with Crippen LogP contribution < -0.4 is 0 Å². The van der Waals surface area contributed by atoms with Crippen LogP contribution in [0, 0.1) is 0 Å². The Morgan fingerprint density at radius 2 is 2.42 bits per heavy atom. The number of nitrogens with zero attached hydrogens (tertiary/aromatic N) is 1. The van der Waals surface area contributed by atoms with E-state index in [-0.39, 0.29) is 0 Å². The first kappa shape index (κ1) is 9.00. The quantitative estimate of drug-likeness (QED) is 0.395. The summed E-state index contributed by atoms with van der Waals surface area (Å²) < 4.78 is 5.00. The number of oxime groups is 1. The second kappa shape index (κ2) is 4.72. The van der Waals surface area contributed by atoms with E-state index in [1.54, 1.807) is 7.11 Å². The van der Waals surface area contributed by atoms with Gasteiger partial charge < -0.3 is 9.94 Å². The van der Waals surface area contributed by atoms with Crippen LogP contribution in [-0.2, 0) is 4.74 Å². The molecule has 0 saturated carbocycles. The van der Waals surface area contributed by atoms with Crippen molar-refractivity contribution in [2.75, 3.05) is 13.7 Å². The van der Waals surface area contributed by atoms with Crippen LogP contribution in [0.1, 0.15) is 12.8 Å². The molecule has 0 unspecified atom stereocenters. The Morgan fingerprint density at radius 3 is 2.92 bits per heavy atom. The lowest BCUT2D eigenvalue weighted by atomic mass is 10.00. The third-order valence-corrected chi connectivity index (χ3v) is 1.82. The largest absolute Gasteiger partial charge is 0.411 e. The molecular formula is C9H13NO2. The van der Waals surface area contributed by atoms with E-state index in [1.165, 1.54) is 11.8 Å². The highest BCUT2D eigenvalue weighted by molar-refractivity contribution is 5.78. The molecule has 0 aromatic heterocycles. The zero-order chi connectivity index (χ0) is 8.81.